The molecule has 1 heterocycles. The fourth-order valence-corrected chi connectivity index (χ4v) is 3.82. The van der Waals surface area contributed by atoms with Crippen LogP contribution in [0.25, 0.3) is 0 Å². The number of nitrogens with one attached hydrogen (secondary N) is 1. The smallest absolute Gasteiger partial charge is 0.224 e. The normalized spacial score (nSPS) is 17.7. The average molecular weight is 378 g/mol. The lowest BCUT2D eigenvalue weighted by Gasteiger charge is -2.34. The molecule has 1 aliphatic rings. The van der Waals surface area contributed by atoms with E-state index in [-0.39, 0.29) is 24.7 Å². The number of piperidine rings is 1. The van der Waals surface area contributed by atoms with Gasteiger partial charge in [0.05, 0.1) is 5.69 Å². The molecule has 0 saturated carbocycles. The SMILES string of the molecule is CSc1ccccc1NC(=O)CCC(=O)N(C)CCN1CCCCC1C. The Balaban J connectivity index is 1.72. The maximum absolute atomic E-state index is 12.3. The molecule has 0 aliphatic carbocycles. The maximum Gasteiger partial charge on any atom is 0.224 e. The van der Waals surface area contributed by atoms with Gasteiger partial charge in [0.2, 0.25) is 11.8 Å². The van der Waals surface area contributed by atoms with E-state index in [1.807, 2.05) is 37.6 Å². The van der Waals surface area contributed by atoms with Gasteiger partial charge in [-0.25, -0.2) is 0 Å². The molecule has 0 aromatic heterocycles. The van der Waals surface area contributed by atoms with Crippen LogP contribution in [-0.4, -0.2) is 60.6 Å². The summed E-state index contributed by atoms with van der Waals surface area (Å²) in [5.74, 6) is -0.0825. The molecule has 1 aromatic carbocycles. The van der Waals surface area contributed by atoms with Crippen molar-refractivity contribution in [2.45, 2.75) is 50.0 Å². The highest BCUT2D eigenvalue weighted by atomic mass is 32.2. The maximum atomic E-state index is 12.3. The Morgan fingerprint density at radius 3 is 2.77 bits per heavy atom. The monoisotopic (exact) mass is 377 g/mol. The second kappa shape index (κ2) is 10.6. The van der Waals surface area contributed by atoms with Gasteiger partial charge in [0.15, 0.2) is 0 Å². The predicted octanol–water partition coefficient (Wildman–Crippen LogP) is 3.46. The van der Waals surface area contributed by atoms with Crippen LogP contribution in [0.15, 0.2) is 29.2 Å². The number of anilines is 1. The number of nitrogens with zero attached hydrogens (tertiary/aromatic N) is 2. The highest BCUT2D eigenvalue weighted by molar-refractivity contribution is 7.98. The molecule has 1 N–H and O–H groups in total. The summed E-state index contributed by atoms with van der Waals surface area (Å²) in [5, 5.41) is 2.91. The number of amides is 2. The van der Waals surface area contributed by atoms with E-state index in [9.17, 15) is 9.59 Å². The third-order valence-corrected chi connectivity index (χ3v) is 5.83. The summed E-state index contributed by atoms with van der Waals surface area (Å²) < 4.78 is 0. The van der Waals surface area contributed by atoms with Crippen LogP contribution in [0.4, 0.5) is 5.69 Å². The molecule has 1 fully saturated rings. The lowest BCUT2D eigenvalue weighted by Crippen LogP contribution is -2.43. The summed E-state index contributed by atoms with van der Waals surface area (Å²) in [6.45, 7) is 5.02. The van der Waals surface area contributed by atoms with Crippen LogP contribution in [-0.2, 0) is 9.59 Å². The van der Waals surface area contributed by atoms with Crippen molar-refractivity contribution in [1.82, 2.24) is 9.80 Å². The van der Waals surface area contributed by atoms with Crippen LogP contribution < -0.4 is 5.32 Å². The number of rotatable bonds is 8. The fraction of sp³-hybridized carbons (Fsp3) is 0.600. The minimum absolute atomic E-state index is 0.0305. The molecule has 1 atom stereocenters. The minimum Gasteiger partial charge on any atom is -0.344 e. The third kappa shape index (κ3) is 6.32. The molecule has 2 rings (SSSR count). The number of benzene rings is 1. The predicted molar refractivity (Wildman–Crippen MR) is 109 cm³/mol. The molecule has 0 radical (unpaired) electrons. The molecule has 0 spiro atoms. The van der Waals surface area contributed by atoms with Gasteiger partial charge < -0.3 is 10.2 Å². The van der Waals surface area contributed by atoms with E-state index >= 15 is 0 Å². The van der Waals surface area contributed by atoms with Gasteiger partial charge in [-0.2, -0.15) is 0 Å². The second-order valence-corrected chi connectivity index (χ2v) is 7.79. The first-order chi connectivity index (χ1) is 12.5. The quantitative estimate of drug-likeness (QED) is 0.705. The van der Waals surface area contributed by atoms with Crippen molar-refractivity contribution in [3.05, 3.63) is 24.3 Å². The summed E-state index contributed by atoms with van der Waals surface area (Å²) in [6.07, 6.45) is 6.24. The van der Waals surface area contributed by atoms with E-state index in [0.29, 0.717) is 6.04 Å². The Bertz CT molecular complexity index is 608. The average Bonchev–Trinajstić information content (AvgIpc) is 2.65. The summed E-state index contributed by atoms with van der Waals surface area (Å²) in [5.41, 5.74) is 0.810. The molecule has 1 aliphatic heterocycles. The lowest BCUT2D eigenvalue weighted by atomic mass is 10.0. The molecule has 1 saturated heterocycles. The van der Waals surface area contributed by atoms with E-state index in [0.717, 1.165) is 30.2 Å². The van der Waals surface area contributed by atoms with Crippen molar-refractivity contribution >= 4 is 29.3 Å². The Labute approximate surface area is 161 Å². The summed E-state index contributed by atoms with van der Waals surface area (Å²) in [4.78, 5) is 29.7. The van der Waals surface area contributed by atoms with Gasteiger partial charge in [-0.1, -0.05) is 18.6 Å². The molecular weight excluding hydrogens is 346 g/mol. The van der Waals surface area contributed by atoms with Gasteiger partial charge >= 0.3 is 0 Å². The van der Waals surface area contributed by atoms with Gasteiger partial charge in [0, 0.05) is 43.9 Å². The number of likely N-dealkylation sites (tertiary alicyclic amines) is 1. The van der Waals surface area contributed by atoms with Crippen molar-refractivity contribution in [3.8, 4) is 0 Å². The van der Waals surface area contributed by atoms with Crippen molar-refractivity contribution in [1.29, 1.82) is 0 Å². The molecule has 0 bridgehead atoms. The molecular formula is C20H31N3O2S. The lowest BCUT2D eigenvalue weighted by molar-refractivity contribution is -0.131. The van der Waals surface area contributed by atoms with Gasteiger partial charge in [0.25, 0.3) is 0 Å². The molecule has 144 valence electrons. The number of carbonyl (C=O) groups is 2. The number of para-hydroxylation sites is 1. The van der Waals surface area contributed by atoms with E-state index in [1.165, 1.54) is 19.3 Å². The highest BCUT2D eigenvalue weighted by Crippen LogP contribution is 2.24. The van der Waals surface area contributed by atoms with Crippen molar-refractivity contribution in [2.75, 3.05) is 38.3 Å². The summed E-state index contributed by atoms with van der Waals surface area (Å²) >= 11 is 1.59. The van der Waals surface area contributed by atoms with Crippen LogP contribution >= 0.6 is 11.8 Å². The number of thioether (sulfide) groups is 1. The Morgan fingerprint density at radius 2 is 2.04 bits per heavy atom. The Kier molecular flexibility index (Phi) is 8.45. The summed E-state index contributed by atoms with van der Waals surface area (Å²) in [6, 6.07) is 8.31. The highest BCUT2D eigenvalue weighted by Gasteiger charge is 2.19. The van der Waals surface area contributed by atoms with E-state index in [2.05, 4.69) is 17.1 Å². The molecule has 26 heavy (non-hydrogen) atoms. The first-order valence-electron chi connectivity index (χ1n) is 9.42. The van der Waals surface area contributed by atoms with Crippen LogP contribution in [0.2, 0.25) is 0 Å². The zero-order chi connectivity index (χ0) is 18.9. The fourth-order valence-electron chi connectivity index (χ4n) is 3.26. The van der Waals surface area contributed by atoms with Crippen molar-refractivity contribution in [2.24, 2.45) is 0 Å². The van der Waals surface area contributed by atoms with Crippen LogP contribution in [0, 0.1) is 0 Å². The van der Waals surface area contributed by atoms with Crippen molar-refractivity contribution in [3.63, 3.8) is 0 Å². The zero-order valence-electron chi connectivity index (χ0n) is 16.2. The van der Waals surface area contributed by atoms with E-state index in [1.54, 1.807) is 16.7 Å². The summed E-state index contributed by atoms with van der Waals surface area (Å²) in [7, 11) is 1.83. The van der Waals surface area contributed by atoms with Gasteiger partial charge in [-0.05, 0) is 44.7 Å². The standard InChI is InChI=1S/C20H31N3O2S/c1-16-8-6-7-13-23(16)15-14-22(2)20(25)12-11-19(24)21-17-9-4-5-10-18(17)26-3/h4-5,9-10,16H,6-8,11-15H2,1-3H3,(H,21,24). The molecule has 1 aromatic rings. The third-order valence-electron chi connectivity index (χ3n) is 5.04. The molecule has 6 heteroatoms. The minimum atomic E-state index is -0.113. The molecule has 2 amide bonds. The largest absolute Gasteiger partial charge is 0.344 e. The van der Waals surface area contributed by atoms with Crippen molar-refractivity contribution < 1.29 is 9.59 Å². The van der Waals surface area contributed by atoms with E-state index in [4.69, 9.17) is 0 Å². The Morgan fingerprint density at radius 1 is 1.27 bits per heavy atom. The number of hydrogen-bond acceptors (Lipinski definition) is 4. The molecule has 5 nitrogen and oxygen atoms in total. The Hall–Kier alpha value is -1.53. The molecule has 1 unspecified atom stereocenters. The van der Waals surface area contributed by atoms with Crippen LogP contribution in [0.5, 0.6) is 0 Å². The number of likely N-dealkylation sites (N-methyl/N-ethyl adjacent to an activating group) is 1. The zero-order valence-corrected chi connectivity index (χ0v) is 17.0. The topological polar surface area (TPSA) is 52.7 Å². The van der Waals surface area contributed by atoms with Gasteiger partial charge in [-0.3, -0.25) is 14.5 Å². The van der Waals surface area contributed by atoms with Crippen LogP contribution in [0.1, 0.15) is 39.0 Å². The van der Waals surface area contributed by atoms with E-state index < -0.39 is 0 Å². The second-order valence-electron chi connectivity index (χ2n) is 6.94. The van der Waals surface area contributed by atoms with Gasteiger partial charge in [0.1, 0.15) is 0 Å². The first-order valence-corrected chi connectivity index (χ1v) is 10.6. The number of hydrogen-bond donors (Lipinski definition) is 1. The number of carbonyl (C=O) groups excluding carboxylic acids is 2. The van der Waals surface area contributed by atoms with Crippen LogP contribution in [0.3, 0.4) is 0 Å². The van der Waals surface area contributed by atoms with Gasteiger partial charge in [-0.15, -0.1) is 11.8 Å². The first kappa shape index (κ1) is 20.8.